The van der Waals surface area contributed by atoms with E-state index >= 15 is 0 Å². The molecule has 0 saturated heterocycles. The van der Waals surface area contributed by atoms with Crippen LogP contribution in [0.3, 0.4) is 0 Å². The van der Waals surface area contributed by atoms with Crippen molar-refractivity contribution in [1.29, 1.82) is 0 Å². The van der Waals surface area contributed by atoms with E-state index in [9.17, 15) is 0 Å². The summed E-state index contributed by atoms with van der Waals surface area (Å²) in [6, 6.07) is 6.62. The van der Waals surface area contributed by atoms with Gasteiger partial charge in [-0.15, -0.1) is 0 Å². The van der Waals surface area contributed by atoms with Gasteiger partial charge in [-0.25, -0.2) is 0 Å². The Bertz CT molecular complexity index is 327. The first kappa shape index (κ1) is 10.1. The summed E-state index contributed by atoms with van der Waals surface area (Å²) < 4.78 is 1.15. The van der Waals surface area contributed by atoms with Crippen molar-refractivity contribution < 1.29 is 5.11 Å². The highest BCUT2D eigenvalue weighted by Crippen LogP contribution is 2.31. The lowest BCUT2D eigenvalue weighted by molar-refractivity contribution is 0.263. The molecular formula is C11H14BrNO. The van der Waals surface area contributed by atoms with Crippen molar-refractivity contribution in [3.05, 3.63) is 33.8 Å². The lowest BCUT2D eigenvalue weighted by Crippen LogP contribution is -2.30. The van der Waals surface area contributed by atoms with Crippen molar-refractivity contribution in [2.75, 3.05) is 13.2 Å². The number of nitrogens with one attached hydrogen (secondary N) is 1. The van der Waals surface area contributed by atoms with Gasteiger partial charge in [-0.1, -0.05) is 28.1 Å². The van der Waals surface area contributed by atoms with Crippen molar-refractivity contribution in [1.82, 2.24) is 5.32 Å². The monoisotopic (exact) mass is 255 g/mol. The van der Waals surface area contributed by atoms with Crippen LogP contribution in [0.5, 0.6) is 0 Å². The smallest absolute Gasteiger partial charge is 0.0449 e. The van der Waals surface area contributed by atoms with Crippen LogP contribution in [0.25, 0.3) is 0 Å². The zero-order valence-corrected chi connectivity index (χ0v) is 9.55. The van der Waals surface area contributed by atoms with Crippen LogP contribution in [0.15, 0.2) is 22.7 Å². The Morgan fingerprint density at radius 3 is 3.14 bits per heavy atom. The molecule has 0 fully saturated rings. The molecule has 1 aliphatic rings. The van der Waals surface area contributed by atoms with Crippen LogP contribution in [-0.2, 0) is 6.42 Å². The van der Waals surface area contributed by atoms with E-state index < -0.39 is 0 Å². The summed E-state index contributed by atoms with van der Waals surface area (Å²) in [7, 11) is 0. The predicted octanol–water partition coefficient (Wildman–Crippen LogP) is 2.02. The summed E-state index contributed by atoms with van der Waals surface area (Å²) in [6.45, 7) is 1.24. The highest BCUT2D eigenvalue weighted by atomic mass is 79.9. The maximum Gasteiger partial charge on any atom is 0.0449 e. The third kappa shape index (κ3) is 1.85. The summed E-state index contributed by atoms with van der Waals surface area (Å²) >= 11 is 3.57. The molecule has 1 atom stereocenters. The molecule has 0 radical (unpaired) electrons. The van der Waals surface area contributed by atoms with Gasteiger partial charge in [0.1, 0.15) is 0 Å². The van der Waals surface area contributed by atoms with Crippen LogP contribution in [0.1, 0.15) is 23.6 Å². The minimum absolute atomic E-state index is 0.235. The Morgan fingerprint density at radius 1 is 1.50 bits per heavy atom. The van der Waals surface area contributed by atoms with E-state index in [1.165, 1.54) is 11.1 Å². The van der Waals surface area contributed by atoms with Gasteiger partial charge in [-0.2, -0.15) is 0 Å². The maximum absolute atomic E-state index is 8.98. The number of aliphatic hydroxyl groups excluding tert-OH is 1. The zero-order chi connectivity index (χ0) is 9.97. The number of benzene rings is 1. The first-order chi connectivity index (χ1) is 6.83. The van der Waals surface area contributed by atoms with E-state index in [0.717, 1.165) is 23.9 Å². The molecule has 76 valence electrons. The summed E-state index contributed by atoms with van der Waals surface area (Å²) in [4.78, 5) is 0. The summed E-state index contributed by atoms with van der Waals surface area (Å²) in [5, 5.41) is 12.4. The fraction of sp³-hybridized carbons (Fsp3) is 0.455. The second-order valence-electron chi connectivity index (χ2n) is 3.58. The molecule has 0 saturated carbocycles. The van der Waals surface area contributed by atoms with Gasteiger partial charge in [0.2, 0.25) is 0 Å². The van der Waals surface area contributed by atoms with Crippen molar-refractivity contribution in [3.63, 3.8) is 0 Å². The van der Waals surface area contributed by atoms with Crippen LogP contribution in [0.2, 0.25) is 0 Å². The minimum atomic E-state index is 0.235. The van der Waals surface area contributed by atoms with E-state index in [2.05, 4.69) is 39.4 Å². The maximum atomic E-state index is 8.98. The van der Waals surface area contributed by atoms with Gasteiger partial charge < -0.3 is 10.4 Å². The average molecular weight is 256 g/mol. The Kier molecular flexibility index (Phi) is 3.21. The molecule has 0 spiro atoms. The molecule has 0 amide bonds. The van der Waals surface area contributed by atoms with Crippen molar-refractivity contribution in [2.24, 2.45) is 0 Å². The lowest BCUT2D eigenvalue weighted by atomic mass is 9.93. The highest BCUT2D eigenvalue weighted by Gasteiger charge is 2.20. The molecule has 2 nitrogen and oxygen atoms in total. The third-order valence-corrected chi connectivity index (χ3v) is 3.39. The van der Waals surface area contributed by atoms with Gasteiger partial charge in [0.05, 0.1) is 0 Å². The van der Waals surface area contributed by atoms with Crippen molar-refractivity contribution >= 4 is 15.9 Å². The Morgan fingerprint density at radius 2 is 2.36 bits per heavy atom. The summed E-state index contributed by atoms with van der Waals surface area (Å²) in [5.41, 5.74) is 2.73. The van der Waals surface area contributed by atoms with E-state index in [-0.39, 0.29) is 6.61 Å². The van der Waals surface area contributed by atoms with Crippen LogP contribution < -0.4 is 5.32 Å². The second kappa shape index (κ2) is 4.43. The standard InChI is InChI=1S/C11H14BrNO/c12-9-3-1-2-8-4-6-13-10(5-7-14)11(8)9/h1-3,10,13-14H,4-7H2. The van der Waals surface area contributed by atoms with Crippen LogP contribution in [0, 0.1) is 0 Å². The molecule has 2 N–H and O–H groups in total. The quantitative estimate of drug-likeness (QED) is 0.848. The largest absolute Gasteiger partial charge is 0.396 e. The van der Waals surface area contributed by atoms with Gasteiger partial charge in [-0.05, 0) is 36.6 Å². The number of halogens is 1. The molecule has 1 aromatic rings. The molecule has 0 bridgehead atoms. The molecule has 1 heterocycles. The summed E-state index contributed by atoms with van der Waals surface area (Å²) in [6.07, 6.45) is 1.87. The summed E-state index contributed by atoms with van der Waals surface area (Å²) in [5.74, 6) is 0. The molecular weight excluding hydrogens is 242 g/mol. The Labute approximate surface area is 92.5 Å². The van der Waals surface area contributed by atoms with Crippen LogP contribution >= 0.6 is 15.9 Å². The molecule has 1 aromatic carbocycles. The number of rotatable bonds is 2. The topological polar surface area (TPSA) is 32.3 Å². The lowest BCUT2D eigenvalue weighted by Gasteiger charge is -2.27. The van der Waals surface area contributed by atoms with E-state index in [1.807, 2.05) is 0 Å². The molecule has 1 aliphatic heterocycles. The molecule has 3 heteroatoms. The van der Waals surface area contributed by atoms with Gasteiger partial charge in [-0.3, -0.25) is 0 Å². The fourth-order valence-corrected chi connectivity index (χ4v) is 2.73. The number of fused-ring (bicyclic) bond motifs is 1. The van der Waals surface area contributed by atoms with E-state index in [1.54, 1.807) is 0 Å². The first-order valence-electron chi connectivity index (χ1n) is 4.94. The van der Waals surface area contributed by atoms with Crippen molar-refractivity contribution in [3.8, 4) is 0 Å². The number of hydrogen-bond donors (Lipinski definition) is 2. The normalized spacial score (nSPS) is 20.6. The van der Waals surface area contributed by atoms with E-state index in [4.69, 9.17) is 5.11 Å². The second-order valence-corrected chi connectivity index (χ2v) is 4.44. The molecule has 2 rings (SSSR count). The molecule has 1 unspecified atom stereocenters. The van der Waals surface area contributed by atoms with E-state index in [0.29, 0.717) is 6.04 Å². The number of hydrogen-bond acceptors (Lipinski definition) is 2. The SMILES string of the molecule is OCCC1NCCc2cccc(Br)c21. The Balaban J connectivity index is 2.36. The van der Waals surface area contributed by atoms with Gasteiger partial charge >= 0.3 is 0 Å². The van der Waals surface area contributed by atoms with Crippen molar-refractivity contribution in [2.45, 2.75) is 18.9 Å². The molecule has 0 aliphatic carbocycles. The molecule has 0 aromatic heterocycles. The highest BCUT2D eigenvalue weighted by molar-refractivity contribution is 9.10. The number of aliphatic hydroxyl groups is 1. The van der Waals surface area contributed by atoms with Gasteiger partial charge in [0.25, 0.3) is 0 Å². The fourth-order valence-electron chi connectivity index (χ4n) is 2.05. The van der Waals surface area contributed by atoms with Crippen LogP contribution in [0.4, 0.5) is 0 Å². The third-order valence-electron chi connectivity index (χ3n) is 2.69. The first-order valence-corrected chi connectivity index (χ1v) is 5.73. The predicted molar refractivity (Wildman–Crippen MR) is 60.3 cm³/mol. The minimum Gasteiger partial charge on any atom is -0.396 e. The average Bonchev–Trinajstić information content (AvgIpc) is 2.19. The Hall–Kier alpha value is -0.380. The van der Waals surface area contributed by atoms with Gasteiger partial charge in [0.15, 0.2) is 0 Å². The molecule has 14 heavy (non-hydrogen) atoms. The van der Waals surface area contributed by atoms with Crippen LogP contribution in [-0.4, -0.2) is 18.3 Å². The zero-order valence-electron chi connectivity index (χ0n) is 7.96. The van der Waals surface area contributed by atoms with Gasteiger partial charge in [0, 0.05) is 17.1 Å².